The van der Waals surface area contributed by atoms with Crippen LogP contribution in [0.1, 0.15) is 38.3 Å². The van der Waals surface area contributed by atoms with E-state index in [4.69, 9.17) is 0 Å². The zero-order valence-electron chi connectivity index (χ0n) is 16.4. The van der Waals surface area contributed by atoms with Gasteiger partial charge in [0.25, 0.3) is 0 Å². The monoisotopic (exact) mass is 448 g/mol. The number of nitrogens with one attached hydrogen (secondary N) is 1. The zero-order chi connectivity index (χ0) is 20.7. The molecule has 0 saturated carbocycles. The number of hydrogen-bond donors (Lipinski definition) is 1. The van der Waals surface area contributed by atoms with Crippen LogP contribution in [-0.4, -0.2) is 28.8 Å². The van der Waals surface area contributed by atoms with E-state index in [1.165, 1.54) is 11.0 Å². The summed E-state index contributed by atoms with van der Waals surface area (Å²) in [5.41, 5.74) is 1.22. The van der Waals surface area contributed by atoms with Gasteiger partial charge >= 0.3 is 0 Å². The molecule has 28 heavy (non-hydrogen) atoms. The van der Waals surface area contributed by atoms with Crippen LogP contribution in [0.3, 0.4) is 0 Å². The summed E-state index contributed by atoms with van der Waals surface area (Å²) in [5, 5.41) is 2.92. The fourth-order valence-electron chi connectivity index (χ4n) is 2.74. The first-order valence-corrected chi connectivity index (χ1v) is 10.2. The quantitative estimate of drug-likeness (QED) is 0.647. The van der Waals surface area contributed by atoms with Crippen molar-refractivity contribution in [1.82, 2.24) is 10.2 Å². The summed E-state index contributed by atoms with van der Waals surface area (Å²) in [5.74, 6) is -0.927. The topological polar surface area (TPSA) is 49.4 Å². The van der Waals surface area contributed by atoms with Crippen molar-refractivity contribution in [3.05, 3.63) is 69.9 Å². The maximum atomic E-state index is 14.0. The van der Waals surface area contributed by atoms with E-state index in [0.717, 1.165) is 16.5 Å². The van der Waals surface area contributed by atoms with Gasteiger partial charge in [0, 0.05) is 17.1 Å². The van der Waals surface area contributed by atoms with Crippen LogP contribution >= 0.6 is 15.9 Å². The molecular weight excluding hydrogens is 423 g/mol. The Morgan fingerprint density at radius 2 is 1.75 bits per heavy atom. The van der Waals surface area contributed by atoms with Gasteiger partial charge < -0.3 is 10.2 Å². The second-order valence-corrected chi connectivity index (χ2v) is 7.83. The van der Waals surface area contributed by atoms with Gasteiger partial charge in [-0.05, 0) is 49.6 Å². The fourth-order valence-corrected chi connectivity index (χ4v) is 3.01. The molecule has 2 atom stereocenters. The van der Waals surface area contributed by atoms with Gasteiger partial charge in [0.2, 0.25) is 11.8 Å². The Morgan fingerprint density at radius 3 is 2.36 bits per heavy atom. The molecule has 2 aromatic carbocycles. The Balaban J connectivity index is 2.23. The van der Waals surface area contributed by atoms with E-state index in [2.05, 4.69) is 21.2 Å². The van der Waals surface area contributed by atoms with Gasteiger partial charge in [-0.2, -0.15) is 0 Å². The molecular formula is C22H26BrFN2O2. The minimum absolute atomic E-state index is 0.0196. The molecule has 2 amide bonds. The average Bonchev–Trinajstić information content (AvgIpc) is 2.68. The molecule has 0 aliphatic heterocycles. The van der Waals surface area contributed by atoms with Crippen LogP contribution in [-0.2, 0) is 22.6 Å². The fraction of sp³-hybridized carbons (Fsp3) is 0.364. The summed E-state index contributed by atoms with van der Waals surface area (Å²) in [6.45, 7) is 5.88. The number of hydrogen-bond acceptors (Lipinski definition) is 2. The highest BCUT2D eigenvalue weighted by Crippen LogP contribution is 2.16. The maximum Gasteiger partial charge on any atom is 0.242 e. The molecule has 0 fully saturated rings. The highest BCUT2D eigenvalue weighted by atomic mass is 79.9. The molecule has 0 heterocycles. The van der Waals surface area contributed by atoms with Crippen LogP contribution < -0.4 is 5.32 Å². The standard InChI is InChI=1S/C22H26BrFN2O2/c1-4-15(2)25-22(28)16(3)26(14-17-9-11-19(23)12-10-17)21(27)13-18-7-5-6-8-20(18)24/h5-12,15-16H,4,13-14H2,1-3H3,(H,25,28)/t15-,16+/m0/s1. The predicted octanol–water partition coefficient (Wildman–Crippen LogP) is 4.46. The molecule has 0 aliphatic rings. The van der Waals surface area contributed by atoms with Gasteiger partial charge in [0.05, 0.1) is 6.42 Å². The molecule has 0 unspecified atom stereocenters. The summed E-state index contributed by atoms with van der Waals surface area (Å²) < 4.78 is 14.9. The number of nitrogens with zero attached hydrogens (tertiary/aromatic N) is 1. The first-order chi connectivity index (χ1) is 13.3. The van der Waals surface area contributed by atoms with Crippen molar-refractivity contribution in [2.45, 2.75) is 52.2 Å². The second-order valence-electron chi connectivity index (χ2n) is 6.91. The lowest BCUT2D eigenvalue weighted by atomic mass is 10.1. The van der Waals surface area contributed by atoms with E-state index in [0.29, 0.717) is 5.56 Å². The van der Waals surface area contributed by atoms with E-state index >= 15 is 0 Å². The highest BCUT2D eigenvalue weighted by molar-refractivity contribution is 9.10. The first kappa shape index (κ1) is 22.1. The summed E-state index contributed by atoms with van der Waals surface area (Å²) in [4.78, 5) is 27.2. The Morgan fingerprint density at radius 1 is 1.11 bits per heavy atom. The SMILES string of the molecule is CC[C@H](C)NC(=O)[C@@H](C)N(Cc1ccc(Br)cc1)C(=O)Cc1ccccc1F. The minimum atomic E-state index is -0.670. The third-order valence-electron chi connectivity index (χ3n) is 4.73. The molecule has 0 saturated heterocycles. The summed E-state index contributed by atoms with van der Waals surface area (Å²) in [6, 6.07) is 13.1. The van der Waals surface area contributed by atoms with Crippen molar-refractivity contribution >= 4 is 27.7 Å². The van der Waals surface area contributed by atoms with Gasteiger partial charge in [-0.15, -0.1) is 0 Å². The summed E-state index contributed by atoms with van der Waals surface area (Å²) in [6.07, 6.45) is 0.707. The van der Waals surface area contributed by atoms with Gasteiger partial charge in [-0.1, -0.05) is 53.2 Å². The number of rotatable bonds is 8. The van der Waals surface area contributed by atoms with Crippen LogP contribution in [0.4, 0.5) is 4.39 Å². The molecule has 6 heteroatoms. The highest BCUT2D eigenvalue weighted by Gasteiger charge is 2.27. The van der Waals surface area contributed by atoms with Crippen molar-refractivity contribution < 1.29 is 14.0 Å². The normalized spacial score (nSPS) is 12.9. The Labute approximate surface area is 174 Å². The maximum absolute atomic E-state index is 14.0. The molecule has 0 radical (unpaired) electrons. The smallest absolute Gasteiger partial charge is 0.242 e. The van der Waals surface area contributed by atoms with E-state index in [1.807, 2.05) is 38.1 Å². The van der Waals surface area contributed by atoms with Crippen molar-refractivity contribution in [3.8, 4) is 0 Å². The lowest BCUT2D eigenvalue weighted by molar-refractivity contribution is -0.140. The van der Waals surface area contributed by atoms with Crippen LogP contribution in [0, 0.1) is 5.82 Å². The Kier molecular flexibility index (Phi) is 8.18. The minimum Gasteiger partial charge on any atom is -0.352 e. The molecule has 0 aliphatic carbocycles. The van der Waals surface area contributed by atoms with Crippen molar-refractivity contribution in [1.29, 1.82) is 0 Å². The Bertz CT molecular complexity index is 810. The lowest BCUT2D eigenvalue weighted by Gasteiger charge is -2.30. The summed E-state index contributed by atoms with van der Waals surface area (Å²) in [7, 11) is 0. The first-order valence-electron chi connectivity index (χ1n) is 9.39. The number of carbonyl (C=O) groups excluding carboxylic acids is 2. The van der Waals surface area contributed by atoms with Crippen molar-refractivity contribution in [3.63, 3.8) is 0 Å². The average molecular weight is 449 g/mol. The van der Waals surface area contributed by atoms with E-state index in [9.17, 15) is 14.0 Å². The van der Waals surface area contributed by atoms with E-state index < -0.39 is 11.9 Å². The molecule has 0 bridgehead atoms. The molecule has 2 rings (SSSR count). The number of carbonyl (C=O) groups is 2. The van der Waals surface area contributed by atoms with Gasteiger partial charge in [-0.25, -0.2) is 4.39 Å². The number of amides is 2. The van der Waals surface area contributed by atoms with Crippen LogP contribution in [0.25, 0.3) is 0 Å². The van der Waals surface area contributed by atoms with Gasteiger partial charge in [-0.3, -0.25) is 9.59 Å². The van der Waals surface area contributed by atoms with Crippen molar-refractivity contribution in [2.24, 2.45) is 0 Å². The van der Waals surface area contributed by atoms with Crippen LogP contribution in [0.2, 0.25) is 0 Å². The predicted molar refractivity (Wildman–Crippen MR) is 112 cm³/mol. The molecule has 2 aromatic rings. The second kappa shape index (κ2) is 10.4. The summed E-state index contributed by atoms with van der Waals surface area (Å²) >= 11 is 3.39. The molecule has 1 N–H and O–H groups in total. The van der Waals surface area contributed by atoms with E-state index in [1.54, 1.807) is 25.1 Å². The molecule has 0 aromatic heterocycles. The van der Waals surface area contributed by atoms with E-state index in [-0.39, 0.29) is 30.8 Å². The van der Waals surface area contributed by atoms with Gasteiger partial charge in [0.15, 0.2) is 0 Å². The van der Waals surface area contributed by atoms with Crippen molar-refractivity contribution in [2.75, 3.05) is 0 Å². The number of halogens is 2. The Hall–Kier alpha value is -2.21. The molecule has 150 valence electrons. The lowest BCUT2D eigenvalue weighted by Crippen LogP contribution is -2.49. The van der Waals surface area contributed by atoms with Crippen LogP contribution in [0.5, 0.6) is 0 Å². The van der Waals surface area contributed by atoms with Crippen LogP contribution in [0.15, 0.2) is 53.0 Å². The number of benzene rings is 2. The largest absolute Gasteiger partial charge is 0.352 e. The molecule has 0 spiro atoms. The zero-order valence-corrected chi connectivity index (χ0v) is 18.0. The third kappa shape index (κ3) is 6.16. The third-order valence-corrected chi connectivity index (χ3v) is 5.26. The molecule has 4 nitrogen and oxygen atoms in total. The van der Waals surface area contributed by atoms with Gasteiger partial charge in [0.1, 0.15) is 11.9 Å².